The Morgan fingerprint density at radius 1 is 1.06 bits per heavy atom. The van der Waals surface area contributed by atoms with Crippen molar-refractivity contribution >= 4 is 10.8 Å². The molecule has 0 saturated heterocycles. The molecule has 2 rings (SSSR count). The van der Waals surface area contributed by atoms with Gasteiger partial charge in [-0.1, -0.05) is 12.1 Å². The fourth-order valence-corrected chi connectivity index (χ4v) is 1.69. The summed E-state index contributed by atoms with van der Waals surface area (Å²) in [6.45, 7) is 1.71. The van der Waals surface area contributed by atoms with Crippen molar-refractivity contribution in [3.63, 3.8) is 0 Å². The Balaban J connectivity index is 3.18. The third kappa shape index (κ3) is 1.35. The molecule has 0 aromatic heterocycles. The standard InChI is InChI=1S/C12H10O4/c1-6-5-9(14)12(16)10-7(6)3-2-4-8(13)11(10)15/h2-5,14,16H,1H3,(H,13,15). The first-order valence-corrected chi connectivity index (χ1v) is 4.70. The summed E-state index contributed by atoms with van der Waals surface area (Å²) < 4.78 is 0. The number of aryl methyl sites for hydroxylation is 1. The molecule has 3 N–H and O–H groups in total. The van der Waals surface area contributed by atoms with E-state index in [1.807, 2.05) is 0 Å². The molecule has 0 unspecified atom stereocenters. The van der Waals surface area contributed by atoms with Gasteiger partial charge in [-0.05, 0) is 30.0 Å². The van der Waals surface area contributed by atoms with Crippen LogP contribution in [-0.4, -0.2) is 15.3 Å². The summed E-state index contributed by atoms with van der Waals surface area (Å²) >= 11 is 0. The maximum atomic E-state index is 11.4. The molecule has 82 valence electrons. The van der Waals surface area contributed by atoms with Gasteiger partial charge in [-0.25, -0.2) is 0 Å². The van der Waals surface area contributed by atoms with Crippen LogP contribution in [0.4, 0.5) is 0 Å². The average molecular weight is 218 g/mol. The molecule has 0 amide bonds. The highest BCUT2D eigenvalue weighted by Gasteiger charge is 2.12. The van der Waals surface area contributed by atoms with E-state index in [1.54, 1.807) is 13.0 Å². The molecule has 16 heavy (non-hydrogen) atoms. The summed E-state index contributed by atoms with van der Waals surface area (Å²) in [7, 11) is 0. The van der Waals surface area contributed by atoms with Gasteiger partial charge >= 0.3 is 0 Å². The van der Waals surface area contributed by atoms with Gasteiger partial charge in [0.15, 0.2) is 17.2 Å². The summed E-state index contributed by atoms with van der Waals surface area (Å²) in [6.07, 6.45) is 0. The molecule has 0 saturated carbocycles. The molecule has 0 aliphatic heterocycles. The van der Waals surface area contributed by atoms with Crippen molar-refractivity contribution in [2.45, 2.75) is 6.92 Å². The number of rotatable bonds is 0. The van der Waals surface area contributed by atoms with E-state index in [4.69, 9.17) is 0 Å². The van der Waals surface area contributed by atoms with E-state index in [9.17, 15) is 20.1 Å². The van der Waals surface area contributed by atoms with E-state index in [0.717, 1.165) is 0 Å². The van der Waals surface area contributed by atoms with Crippen LogP contribution in [0.3, 0.4) is 0 Å². The Morgan fingerprint density at radius 2 is 1.75 bits per heavy atom. The molecule has 0 aliphatic carbocycles. The largest absolute Gasteiger partial charge is 0.504 e. The molecule has 4 heteroatoms. The van der Waals surface area contributed by atoms with Crippen LogP contribution < -0.4 is 5.43 Å². The molecule has 0 heterocycles. The number of phenolic OH excluding ortho intramolecular Hbond substituents is 2. The first-order valence-electron chi connectivity index (χ1n) is 4.70. The molecule has 0 aliphatic rings. The van der Waals surface area contributed by atoms with E-state index in [1.165, 1.54) is 18.2 Å². The second-order valence-corrected chi connectivity index (χ2v) is 3.59. The van der Waals surface area contributed by atoms with Gasteiger partial charge in [0.05, 0.1) is 5.39 Å². The summed E-state index contributed by atoms with van der Waals surface area (Å²) in [4.78, 5) is 11.4. The Bertz CT molecular complexity index is 632. The normalized spacial score (nSPS) is 10.6. The van der Waals surface area contributed by atoms with E-state index >= 15 is 0 Å². The smallest absolute Gasteiger partial charge is 0.220 e. The second-order valence-electron chi connectivity index (χ2n) is 3.59. The van der Waals surface area contributed by atoms with Crippen molar-refractivity contribution < 1.29 is 15.3 Å². The predicted octanol–water partition coefficient (Wildman–Crippen LogP) is 1.63. The first kappa shape index (κ1) is 10.3. The Kier molecular flexibility index (Phi) is 2.20. The van der Waals surface area contributed by atoms with Gasteiger partial charge in [-0.15, -0.1) is 0 Å². The minimum atomic E-state index is -0.602. The van der Waals surface area contributed by atoms with Crippen LogP contribution in [0.25, 0.3) is 10.8 Å². The maximum absolute atomic E-state index is 11.4. The average Bonchev–Trinajstić information content (AvgIpc) is 2.37. The van der Waals surface area contributed by atoms with Gasteiger partial charge in [0.25, 0.3) is 0 Å². The summed E-state index contributed by atoms with van der Waals surface area (Å²) in [5.41, 5.74) is 0.0616. The third-order valence-corrected chi connectivity index (χ3v) is 2.51. The highest BCUT2D eigenvalue weighted by Crippen LogP contribution is 2.38. The lowest BCUT2D eigenvalue weighted by Gasteiger charge is -2.05. The lowest BCUT2D eigenvalue weighted by molar-refractivity contribution is 0.405. The number of hydrogen-bond donors (Lipinski definition) is 3. The Morgan fingerprint density at radius 3 is 2.44 bits per heavy atom. The van der Waals surface area contributed by atoms with E-state index in [2.05, 4.69) is 0 Å². The Labute approximate surface area is 91.0 Å². The first-order chi connectivity index (χ1) is 7.52. The van der Waals surface area contributed by atoms with Crippen LogP contribution in [0.15, 0.2) is 29.1 Å². The summed E-state index contributed by atoms with van der Waals surface area (Å²) in [5.74, 6) is -1.39. The van der Waals surface area contributed by atoms with Gasteiger partial charge < -0.3 is 15.3 Å². The van der Waals surface area contributed by atoms with Gasteiger partial charge in [-0.3, -0.25) is 4.79 Å². The van der Waals surface area contributed by atoms with Crippen molar-refractivity contribution in [2.75, 3.05) is 0 Å². The molecular weight excluding hydrogens is 208 g/mol. The topological polar surface area (TPSA) is 77.8 Å². The summed E-state index contributed by atoms with van der Waals surface area (Å²) in [5, 5.41) is 29.2. The molecule has 0 atom stereocenters. The zero-order valence-corrected chi connectivity index (χ0v) is 8.56. The molecule has 2 aromatic carbocycles. The van der Waals surface area contributed by atoms with Crippen LogP contribution in [0, 0.1) is 6.92 Å². The van der Waals surface area contributed by atoms with Crippen molar-refractivity contribution in [3.8, 4) is 17.2 Å². The van der Waals surface area contributed by atoms with Crippen molar-refractivity contribution in [3.05, 3.63) is 40.1 Å². The lowest BCUT2D eigenvalue weighted by atomic mass is 10.1. The number of benzene rings is 1. The maximum Gasteiger partial charge on any atom is 0.220 e. The molecule has 0 spiro atoms. The van der Waals surface area contributed by atoms with Crippen LogP contribution in [0.5, 0.6) is 17.2 Å². The highest BCUT2D eigenvalue weighted by molar-refractivity contribution is 5.96. The van der Waals surface area contributed by atoms with Gasteiger partial charge in [0.2, 0.25) is 5.43 Å². The quantitative estimate of drug-likeness (QED) is 0.587. The van der Waals surface area contributed by atoms with Crippen molar-refractivity contribution in [1.29, 1.82) is 0 Å². The SMILES string of the molecule is Cc1cc(O)c(O)c2c(O)c(=O)cccc12. The van der Waals surface area contributed by atoms with Gasteiger partial charge in [0, 0.05) is 0 Å². The lowest BCUT2D eigenvalue weighted by Crippen LogP contribution is -1.93. The minimum Gasteiger partial charge on any atom is -0.504 e. The minimum absolute atomic E-state index is 0.0208. The summed E-state index contributed by atoms with van der Waals surface area (Å²) in [6, 6.07) is 5.67. The molecule has 0 bridgehead atoms. The second kappa shape index (κ2) is 3.41. The third-order valence-electron chi connectivity index (χ3n) is 2.51. The Hall–Kier alpha value is -2.23. The van der Waals surface area contributed by atoms with E-state index in [-0.39, 0.29) is 11.1 Å². The molecule has 0 fully saturated rings. The van der Waals surface area contributed by atoms with Crippen LogP contribution in [-0.2, 0) is 0 Å². The van der Waals surface area contributed by atoms with Crippen LogP contribution in [0.2, 0.25) is 0 Å². The van der Waals surface area contributed by atoms with Crippen LogP contribution >= 0.6 is 0 Å². The van der Waals surface area contributed by atoms with Gasteiger partial charge in [-0.2, -0.15) is 0 Å². The van der Waals surface area contributed by atoms with Crippen molar-refractivity contribution in [2.24, 2.45) is 0 Å². The zero-order chi connectivity index (χ0) is 11.9. The molecule has 0 radical (unpaired) electrons. The molecule has 4 nitrogen and oxygen atoms in total. The molecular formula is C12H10O4. The number of fused-ring (bicyclic) bond motifs is 1. The fraction of sp³-hybridized carbons (Fsp3) is 0.0833. The fourth-order valence-electron chi connectivity index (χ4n) is 1.69. The molecule has 2 aromatic rings. The van der Waals surface area contributed by atoms with Gasteiger partial charge in [0.1, 0.15) is 0 Å². The van der Waals surface area contributed by atoms with Crippen molar-refractivity contribution in [1.82, 2.24) is 0 Å². The monoisotopic (exact) mass is 218 g/mol. The zero-order valence-electron chi connectivity index (χ0n) is 8.56. The predicted molar refractivity (Wildman–Crippen MR) is 59.9 cm³/mol. The van der Waals surface area contributed by atoms with Crippen LogP contribution in [0.1, 0.15) is 5.56 Å². The number of phenols is 2. The number of hydrogen-bond acceptors (Lipinski definition) is 4. The van der Waals surface area contributed by atoms with E-state index in [0.29, 0.717) is 10.9 Å². The number of aromatic hydroxyl groups is 3. The van der Waals surface area contributed by atoms with E-state index < -0.39 is 16.9 Å². The highest BCUT2D eigenvalue weighted by atomic mass is 16.3.